The Kier molecular flexibility index (Phi) is 4.96. The summed E-state index contributed by atoms with van der Waals surface area (Å²) in [4.78, 5) is 7.03. The fourth-order valence-corrected chi connectivity index (χ4v) is 3.87. The van der Waals surface area contributed by atoms with E-state index in [-0.39, 0.29) is 0 Å². The van der Waals surface area contributed by atoms with E-state index in [1.165, 1.54) is 16.8 Å². The fraction of sp³-hybridized carbons (Fsp3) is 0.250. The number of anilines is 2. The Morgan fingerprint density at radius 3 is 2.59 bits per heavy atom. The van der Waals surface area contributed by atoms with Crippen LogP contribution in [-0.2, 0) is 13.0 Å². The van der Waals surface area contributed by atoms with E-state index in [1.807, 2.05) is 30.5 Å². The molecular weight excluding hydrogens is 360 g/mol. The summed E-state index contributed by atoms with van der Waals surface area (Å²) in [6.45, 7) is 1.82. The van der Waals surface area contributed by atoms with Crippen molar-refractivity contribution in [2.24, 2.45) is 5.14 Å². The zero-order chi connectivity index (χ0) is 18.8. The van der Waals surface area contributed by atoms with Gasteiger partial charge in [-0.25, -0.2) is 0 Å². The van der Waals surface area contributed by atoms with Crippen LogP contribution >= 0.6 is 12.1 Å². The van der Waals surface area contributed by atoms with Crippen molar-refractivity contribution in [2.45, 2.75) is 13.0 Å². The number of nitrogens with one attached hydrogen (secondary N) is 1. The Labute approximate surface area is 162 Å². The van der Waals surface area contributed by atoms with Gasteiger partial charge in [-0.1, -0.05) is 12.1 Å². The summed E-state index contributed by atoms with van der Waals surface area (Å²) in [7, 11) is 3.30. The summed E-state index contributed by atoms with van der Waals surface area (Å²) in [5, 5.41) is 6.55. The van der Waals surface area contributed by atoms with Crippen LogP contribution in [0.1, 0.15) is 11.1 Å². The molecule has 0 bridgehead atoms. The van der Waals surface area contributed by atoms with E-state index in [4.69, 9.17) is 14.6 Å². The Morgan fingerprint density at radius 1 is 1.15 bits per heavy atom. The largest absolute Gasteiger partial charge is 0.493 e. The van der Waals surface area contributed by atoms with Crippen molar-refractivity contribution < 1.29 is 9.47 Å². The van der Waals surface area contributed by atoms with Gasteiger partial charge in [-0.15, -0.1) is 0 Å². The summed E-state index contributed by atoms with van der Waals surface area (Å²) in [5.74, 6) is 1.42. The number of ether oxygens (including phenoxy) is 2. The monoisotopic (exact) mass is 382 g/mol. The first kappa shape index (κ1) is 17.8. The van der Waals surface area contributed by atoms with Crippen LogP contribution in [0.4, 0.5) is 11.4 Å². The molecule has 0 radical (unpaired) electrons. The zero-order valence-electron chi connectivity index (χ0n) is 15.4. The molecule has 1 aliphatic heterocycles. The molecule has 27 heavy (non-hydrogen) atoms. The molecule has 3 aromatic rings. The number of pyridine rings is 1. The minimum absolute atomic E-state index is 0.697. The van der Waals surface area contributed by atoms with Gasteiger partial charge in [0, 0.05) is 48.6 Å². The van der Waals surface area contributed by atoms with Crippen molar-refractivity contribution in [1.29, 1.82) is 0 Å². The summed E-state index contributed by atoms with van der Waals surface area (Å²) in [6.07, 6.45) is 2.98. The third-order valence-corrected chi connectivity index (χ3v) is 5.25. The van der Waals surface area contributed by atoms with E-state index in [2.05, 4.69) is 26.7 Å². The molecule has 7 heteroatoms. The van der Waals surface area contributed by atoms with E-state index in [0.717, 1.165) is 54.0 Å². The van der Waals surface area contributed by atoms with Crippen molar-refractivity contribution >= 4 is 34.4 Å². The molecule has 0 spiro atoms. The summed E-state index contributed by atoms with van der Waals surface area (Å²) in [6, 6.07) is 12.3. The van der Waals surface area contributed by atoms with E-state index in [1.54, 1.807) is 14.2 Å². The van der Waals surface area contributed by atoms with Gasteiger partial charge in [0.2, 0.25) is 0 Å². The van der Waals surface area contributed by atoms with Gasteiger partial charge in [0.1, 0.15) is 0 Å². The third kappa shape index (κ3) is 3.36. The first-order valence-corrected chi connectivity index (χ1v) is 9.60. The van der Waals surface area contributed by atoms with Crippen LogP contribution in [0.25, 0.3) is 10.9 Å². The van der Waals surface area contributed by atoms with Crippen LogP contribution in [0.5, 0.6) is 11.5 Å². The number of hydrogen-bond donors (Lipinski definition) is 2. The lowest BCUT2D eigenvalue weighted by atomic mass is 10.1. The van der Waals surface area contributed by atoms with E-state index in [0.29, 0.717) is 5.75 Å². The molecule has 0 saturated carbocycles. The molecule has 2 aromatic carbocycles. The fourth-order valence-electron chi connectivity index (χ4n) is 3.59. The van der Waals surface area contributed by atoms with Crippen molar-refractivity contribution in [3.05, 3.63) is 53.7 Å². The number of hydrogen-bond acceptors (Lipinski definition) is 7. The maximum absolute atomic E-state index is 5.50. The number of nitrogens with zero attached hydrogens (tertiary/aromatic N) is 2. The van der Waals surface area contributed by atoms with Crippen molar-refractivity contribution in [3.63, 3.8) is 0 Å². The Hall–Kier alpha value is -2.64. The molecule has 4 rings (SSSR count). The van der Waals surface area contributed by atoms with Crippen LogP contribution in [0.2, 0.25) is 0 Å². The molecule has 0 amide bonds. The number of aromatic nitrogens is 1. The summed E-state index contributed by atoms with van der Waals surface area (Å²) < 4.78 is 14.0. The Morgan fingerprint density at radius 2 is 1.89 bits per heavy atom. The van der Waals surface area contributed by atoms with Gasteiger partial charge in [-0.05, 0) is 35.7 Å². The topological polar surface area (TPSA) is 72.6 Å². The normalized spacial score (nSPS) is 12.9. The van der Waals surface area contributed by atoms with Crippen molar-refractivity contribution in [3.8, 4) is 11.5 Å². The molecule has 6 nitrogen and oxygen atoms in total. The van der Waals surface area contributed by atoms with Crippen LogP contribution in [0.3, 0.4) is 0 Å². The standard InChI is InChI=1S/C20H22N4O2S/c1-25-18-9-16-17(10-19(18)26-2)22-11-14-7-8-24(20(14)16)12-13-3-5-15(6-4-13)23-27-21/h3-6,9-11,23H,7-8,12,21H2,1-2H3. The third-order valence-electron chi connectivity index (χ3n) is 4.89. The van der Waals surface area contributed by atoms with Gasteiger partial charge in [0.25, 0.3) is 0 Å². The van der Waals surface area contributed by atoms with Gasteiger partial charge in [-0.2, -0.15) is 0 Å². The average molecular weight is 382 g/mol. The SMILES string of the molecule is COc1cc2ncc3c(c2cc1OC)N(Cc1ccc(NSN)cc1)CC3. The first-order valence-electron chi connectivity index (χ1n) is 8.72. The maximum atomic E-state index is 5.50. The molecule has 1 aromatic heterocycles. The van der Waals surface area contributed by atoms with Crippen molar-refractivity contribution in [2.75, 3.05) is 30.4 Å². The van der Waals surface area contributed by atoms with E-state index < -0.39 is 0 Å². The quantitative estimate of drug-likeness (QED) is 0.629. The lowest BCUT2D eigenvalue weighted by Crippen LogP contribution is -2.20. The first-order chi connectivity index (χ1) is 13.2. The lowest BCUT2D eigenvalue weighted by Gasteiger charge is -2.22. The lowest BCUT2D eigenvalue weighted by molar-refractivity contribution is 0.356. The molecule has 3 N–H and O–H groups in total. The Balaban J connectivity index is 1.70. The number of fused-ring (bicyclic) bond motifs is 3. The highest BCUT2D eigenvalue weighted by Crippen LogP contribution is 2.40. The molecule has 1 aliphatic rings. The smallest absolute Gasteiger partial charge is 0.162 e. The second-order valence-electron chi connectivity index (χ2n) is 6.44. The highest BCUT2D eigenvalue weighted by Gasteiger charge is 2.23. The molecule has 0 unspecified atom stereocenters. The molecule has 0 saturated heterocycles. The predicted molar refractivity (Wildman–Crippen MR) is 111 cm³/mol. The highest BCUT2D eigenvalue weighted by atomic mass is 32.2. The van der Waals surface area contributed by atoms with Gasteiger partial charge in [-0.3, -0.25) is 10.1 Å². The van der Waals surface area contributed by atoms with Gasteiger partial charge in [0.15, 0.2) is 11.5 Å². The Bertz CT molecular complexity index is 962. The zero-order valence-corrected chi connectivity index (χ0v) is 16.2. The number of nitrogens with two attached hydrogens (primary N) is 1. The van der Waals surface area contributed by atoms with Gasteiger partial charge in [0.05, 0.1) is 25.4 Å². The van der Waals surface area contributed by atoms with Crippen LogP contribution in [0.15, 0.2) is 42.6 Å². The predicted octanol–water partition coefficient (Wildman–Crippen LogP) is 3.75. The van der Waals surface area contributed by atoms with Gasteiger partial charge < -0.3 is 19.1 Å². The number of rotatable bonds is 6. The van der Waals surface area contributed by atoms with Crippen molar-refractivity contribution in [1.82, 2.24) is 4.98 Å². The average Bonchev–Trinajstić information content (AvgIpc) is 3.11. The molecule has 0 atom stereocenters. The second-order valence-corrected chi connectivity index (χ2v) is 6.88. The minimum Gasteiger partial charge on any atom is -0.493 e. The highest BCUT2D eigenvalue weighted by molar-refractivity contribution is 7.98. The van der Waals surface area contributed by atoms with Crippen LogP contribution in [-0.4, -0.2) is 25.7 Å². The minimum atomic E-state index is 0.697. The van der Waals surface area contributed by atoms with Gasteiger partial charge >= 0.3 is 0 Å². The molecule has 0 fully saturated rings. The van der Waals surface area contributed by atoms with Crippen LogP contribution in [0, 0.1) is 0 Å². The molecular formula is C20H22N4O2S. The molecule has 0 aliphatic carbocycles. The summed E-state index contributed by atoms with van der Waals surface area (Å²) in [5.41, 5.74) is 5.67. The van der Waals surface area contributed by atoms with E-state index >= 15 is 0 Å². The second kappa shape index (κ2) is 7.54. The molecule has 2 heterocycles. The number of methoxy groups -OCH3 is 2. The number of benzene rings is 2. The summed E-state index contributed by atoms with van der Waals surface area (Å²) >= 11 is 1.10. The maximum Gasteiger partial charge on any atom is 0.162 e. The molecule has 140 valence electrons. The van der Waals surface area contributed by atoms with Crippen LogP contribution < -0.4 is 24.2 Å². The van der Waals surface area contributed by atoms with E-state index in [9.17, 15) is 0 Å².